The van der Waals surface area contributed by atoms with E-state index in [9.17, 15) is 9.59 Å². The van der Waals surface area contributed by atoms with Gasteiger partial charge in [-0.25, -0.2) is 0 Å². The molecule has 3 rings (SSSR count). The summed E-state index contributed by atoms with van der Waals surface area (Å²) in [7, 11) is 0. The molecule has 0 atom stereocenters. The molecule has 71 heavy (non-hydrogen) atoms. The summed E-state index contributed by atoms with van der Waals surface area (Å²) in [5.74, 6) is 1.78. The van der Waals surface area contributed by atoms with Gasteiger partial charge in [0.15, 0.2) is 0 Å². The molecule has 0 heterocycles. The van der Waals surface area contributed by atoms with Gasteiger partial charge in [0.1, 0.15) is 22.7 Å². The molecule has 6 nitrogen and oxygen atoms in total. The van der Waals surface area contributed by atoms with Crippen LogP contribution in [0, 0.1) is 0 Å². The number of carbonyl (C=O) groups excluding carboxylic acids is 2. The molecule has 3 aromatic carbocycles. The number of esters is 2. The first kappa shape index (κ1) is 62.3. The largest absolute Gasteiger partial charge is 0.492 e. The summed E-state index contributed by atoms with van der Waals surface area (Å²) in [5, 5.41) is 5.07. The SMILES string of the molecule is CC(C)(C)OC(=O)CCCCCCCCCCCCCCCCCCCCOc1c2ccccc2c(OCCCCCCCCCCCCCCCCCCCCC(=O)OC(C)(C)C)c2cc(Cl)ccc12. The third-order valence-electron chi connectivity index (χ3n) is 13.8. The van der Waals surface area contributed by atoms with E-state index in [0.717, 1.165) is 83.2 Å². The fourth-order valence-electron chi connectivity index (χ4n) is 9.92. The zero-order valence-electron chi connectivity index (χ0n) is 46.7. The van der Waals surface area contributed by atoms with Gasteiger partial charge < -0.3 is 18.9 Å². The number of hydrogen-bond donors (Lipinski definition) is 0. The fraction of sp³-hybridized carbons (Fsp3) is 0.750. The lowest BCUT2D eigenvalue weighted by Crippen LogP contribution is -2.23. The van der Waals surface area contributed by atoms with E-state index in [2.05, 4.69) is 36.4 Å². The Bertz CT molecular complexity index is 1820. The van der Waals surface area contributed by atoms with Gasteiger partial charge in [-0.3, -0.25) is 9.59 Å². The summed E-state index contributed by atoms with van der Waals surface area (Å²) in [6.45, 7) is 13.0. The van der Waals surface area contributed by atoms with Gasteiger partial charge in [0.2, 0.25) is 0 Å². The summed E-state index contributed by atoms with van der Waals surface area (Å²) in [4.78, 5) is 23.6. The molecule has 0 aromatic heterocycles. The van der Waals surface area contributed by atoms with E-state index >= 15 is 0 Å². The fourth-order valence-corrected chi connectivity index (χ4v) is 10.1. The van der Waals surface area contributed by atoms with Crippen LogP contribution in [0.25, 0.3) is 21.5 Å². The van der Waals surface area contributed by atoms with Crippen LogP contribution in [0.5, 0.6) is 11.5 Å². The molecule has 0 aliphatic carbocycles. The monoisotopic (exact) mass is 1000 g/mol. The van der Waals surface area contributed by atoms with Crippen molar-refractivity contribution < 1.29 is 28.5 Å². The van der Waals surface area contributed by atoms with Crippen molar-refractivity contribution in [2.75, 3.05) is 13.2 Å². The minimum Gasteiger partial charge on any atom is -0.492 e. The van der Waals surface area contributed by atoms with E-state index < -0.39 is 0 Å². The molecule has 0 N–H and O–H groups in total. The first-order valence-electron chi connectivity index (χ1n) is 29.7. The summed E-state index contributed by atoms with van der Waals surface area (Å²) >= 11 is 6.60. The Morgan fingerprint density at radius 2 is 0.606 bits per heavy atom. The molecule has 0 aliphatic rings. The van der Waals surface area contributed by atoms with E-state index in [0.29, 0.717) is 19.4 Å². The van der Waals surface area contributed by atoms with Crippen LogP contribution in [0.4, 0.5) is 0 Å². The summed E-state index contributed by atoms with van der Waals surface area (Å²) in [5.41, 5.74) is -0.738. The maximum absolute atomic E-state index is 11.8. The maximum Gasteiger partial charge on any atom is 0.306 e. The van der Waals surface area contributed by atoms with Crippen LogP contribution in [-0.2, 0) is 19.1 Å². The highest BCUT2D eigenvalue weighted by Crippen LogP contribution is 2.44. The summed E-state index contributed by atoms with van der Waals surface area (Å²) in [6, 6.07) is 14.7. The number of rotatable bonds is 44. The van der Waals surface area contributed by atoms with E-state index in [1.165, 1.54) is 193 Å². The lowest BCUT2D eigenvalue weighted by molar-refractivity contribution is -0.156. The average Bonchev–Trinajstić information content (AvgIpc) is 3.31. The number of unbranched alkanes of at least 4 members (excludes halogenated alkanes) is 34. The van der Waals surface area contributed by atoms with Gasteiger partial charge >= 0.3 is 11.9 Å². The lowest BCUT2D eigenvalue weighted by Gasteiger charge is -2.19. The summed E-state index contributed by atoms with van der Waals surface area (Å²) < 4.78 is 24.0. The number of fused-ring (bicyclic) bond motifs is 2. The Morgan fingerprint density at radius 3 is 0.901 bits per heavy atom. The van der Waals surface area contributed by atoms with Crippen LogP contribution >= 0.6 is 11.6 Å². The maximum atomic E-state index is 11.8. The number of ether oxygens (including phenoxy) is 4. The molecule has 0 saturated heterocycles. The molecule has 404 valence electrons. The van der Waals surface area contributed by atoms with Crippen molar-refractivity contribution in [3.63, 3.8) is 0 Å². The number of hydrogen-bond acceptors (Lipinski definition) is 6. The van der Waals surface area contributed by atoms with E-state index in [4.69, 9.17) is 30.5 Å². The van der Waals surface area contributed by atoms with Gasteiger partial charge in [-0.1, -0.05) is 241 Å². The van der Waals surface area contributed by atoms with Crippen LogP contribution in [0.1, 0.15) is 286 Å². The average molecular weight is 1010 g/mol. The van der Waals surface area contributed by atoms with Crippen molar-refractivity contribution >= 4 is 45.1 Å². The molecule has 3 aromatic rings. The van der Waals surface area contributed by atoms with E-state index in [1.807, 2.05) is 47.6 Å². The second kappa shape index (κ2) is 38.6. The third kappa shape index (κ3) is 31.4. The third-order valence-corrected chi connectivity index (χ3v) is 14.0. The minimum absolute atomic E-state index is 0.0550. The van der Waals surface area contributed by atoms with Crippen molar-refractivity contribution in [3.8, 4) is 11.5 Å². The second-order valence-corrected chi connectivity index (χ2v) is 23.4. The molecule has 0 bridgehead atoms. The predicted molar refractivity (Wildman–Crippen MR) is 305 cm³/mol. The molecule has 0 spiro atoms. The highest BCUT2D eigenvalue weighted by Gasteiger charge is 2.18. The van der Waals surface area contributed by atoms with Gasteiger partial charge in [-0.05, 0) is 85.4 Å². The summed E-state index contributed by atoms with van der Waals surface area (Å²) in [6.07, 6.45) is 47.5. The van der Waals surface area contributed by atoms with Gasteiger partial charge in [0, 0.05) is 39.4 Å². The Morgan fingerprint density at radius 1 is 0.352 bits per heavy atom. The Labute approximate surface area is 440 Å². The van der Waals surface area contributed by atoms with Gasteiger partial charge in [0.25, 0.3) is 0 Å². The molecule has 7 heteroatoms. The first-order valence-corrected chi connectivity index (χ1v) is 30.0. The number of carbonyl (C=O) groups is 2. The highest BCUT2D eigenvalue weighted by atomic mass is 35.5. The molecular weight excluding hydrogens is 900 g/mol. The Balaban J connectivity index is 1.16. The molecule has 0 amide bonds. The zero-order chi connectivity index (χ0) is 51.3. The number of halogens is 1. The molecule has 0 saturated carbocycles. The minimum atomic E-state index is -0.369. The van der Waals surface area contributed by atoms with E-state index in [-0.39, 0.29) is 23.1 Å². The van der Waals surface area contributed by atoms with Gasteiger partial charge in [0.05, 0.1) is 13.2 Å². The predicted octanol–water partition coefficient (Wildman–Crippen LogP) is 20.9. The standard InChI is InChI=1S/C64H105ClO6/c1-63(2,3)70-59(66)47-39-35-31-27-23-19-15-11-7-9-13-17-21-25-29-33-37-43-51-68-61-55-45-41-42-46-56(55)62(58-53-54(65)49-50-57(58)61)69-52-44-38-34-30-26-22-18-14-10-8-12-16-20-24-28-32-36-40-48-60(67)71-64(4,5)6/h41-42,45-46,49-50,53H,7-40,43-44,47-48,51-52H2,1-6H3. The zero-order valence-corrected chi connectivity index (χ0v) is 47.4. The van der Waals surface area contributed by atoms with Crippen LogP contribution < -0.4 is 9.47 Å². The number of benzene rings is 3. The Kier molecular flexibility index (Phi) is 33.8. The van der Waals surface area contributed by atoms with Crippen LogP contribution in [-0.4, -0.2) is 36.4 Å². The van der Waals surface area contributed by atoms with Crippen molar-refractivity contribution in [2.45, 2.75) is 297 Å². The van der Waals surface area contributed by atoms with Crippen molar-refractivity contribution in [1.29, 1.82) is 0 Å². The van der Waals surface area contributed by atoms with Gasteiger partial charge in [-0.15, -0.1) is 0 Å². The molecule has 0 aliphatic heterocycles. The van der Waals surface area contributed by atoms with Crippen molar-refractivity contribution in [3.05, 3.63) is 47.5 Å². The lowest BCUT2D eigenvalue weighted by atomic mass is 10.0. The molecular formula is C64H105ClO6. The smallest absolute Gasteiger partial charge is 0.306 e. The topological polar surface area (TPSA) is 71.1 Å². The quantitative estimate of drug-likeness (QED) is 0.0319. The van der Waals surface area contributed by atoms with Crippen molar-refractivity contribution in [1.82, 2.24) is 0 Å². The highest BCUT2D eigenvalue weighted by molar-refractivity contribution is 6.31. The Hall–Kier alpha value is -2.99. The molecule has 0 radical (unpaired) electrons. The van der Waals surface area contributed by atoms with Crippen LogP contribution in [0.15, 0.2) is 42.5 Å². The first-order chi connectivity index (χ1) is 34.3. The van der Waals surface area contributed by atoms with Crippen LogP contribution in [0.2, 0.25) is 5.02 Å². The normalized spacial score (nSPS) is 12.0. The van der Waals surface area contributed by atoms with Gasteiger partial charge in [-0.2, -0.15) is 0 Å². The van der Waals surface area contributed by atoms with E-state index in [1.54, 1.807) is 0 Å². The second-order valence-electron chi connectivity index (χ2n) is 23.0. The molecule has 0 fully saturated rings. The van der Waals surface area contributed by atoms with Crippen LogP contribution in [0.3, 0.4) is 0 Å². The molecule has 0 unspecified atom stereocenters. The van der Waals surface area contributed by atoms with Crippen molar-refractivity contribution in [2.24, 2.45) is 0 Å².